The zero-order chi connectivity index (χ0) is 19.0. The summed E-state index contributed by atoms with van der Waals surface area (Å²) < 4.78 is 0. The van der Waals surface area contributed by atoms with E-state index in [0.717, 1.165) is 12.8 Å². The fraction of sp³-hybridized carbons (Fsp3) is 0.880. The Morgan fingerprint density at radius 3 is 1.23 bits per heavy atom. The van der Waals surface area contributed by atoms with Gasteiger partial charge in [0, 0.05) is 6.42 Å². The molecule has 0 aliphatic carbocycles. The van der Waals surface area contributed by atoms with Gasteiger partial charge in [-0.25, -0.2) is 0 Å². The molecule has 0 aromatic carbocycles. The molecule has 0 spiro atoms. The second-order valence-electron chi connectivity index (χ2n) is 7.97. The first-order chi connectivity index (χ1) is 12.9. The third kappa shape index (κ3) is 23.2. The smallest absolute Gasteiger partial charge is 0.0621 e. The van der Waals surface area contributed by atoms with Crippen LogP contribution in [0.15, 0.2) is 12.2 Å². The summed E-state index contributed by atoms with van der Waals surface area (Å²) in [5.41, 5.74) is 0. The molecule has 0 rings (SSSR count). The first-order valence-corrected chi connectivity index (χ1v) is 11.9. The summed E-state index contributed by atoms with van der Waals surface area (Å²) in [6.45, 7) is 2.29. The maximum atomic E-state index is 8.47. The average molecular weight is 362 g/mol. The summed E-state index contributed by atoms with van der Waals surface area (Å²) in [5, 5.41) is 8.47. The van der Waals surface area contributed by atoms with Crippen molar-refractivity contribution in [2.24, 2.45) is 0 Å². The molecule has 0 bridgehead atoms. The highest BCUT2D eigenvalue weighted by atomic mass is 14.2. The molecule has 152 valence electrons. The number of nitriles is 1. The first-order valence-electron chi connectivity index (χ1n) is 11.9. The summed E-state index contributed by atoms with van der Waals surface area (Å²) in [6.07, 6.45) is 33.0. The third-order valence-corrected chi connectivity index (χ3v) is 5.30. The molecule has 1 heteroatoms. The van der Waals surface area contributed by atoms with E-state index in [9.17, 15) is 0 Å². The molecule has 0 aliphatic rings. The van der Waals surface area contributed by atoms with Crippen LogP contribution in [0, 0.1) is 11.3 Å². The monoisotopic (exact) mass is 361 g/mol. The van der Waals surface area contributed by atoms with Gasteiger partial charge < -0.3 is 0 Å². The lowest BCUT2D eigenvalue weighted by Gasteiger charge is -2.02. The van der Waals surface area contributed by atoms with Crippen LogP contribution in [0.3, 0.4) is 0 Å². The van der Waals surface area contributed by atoms with E-state index in [2.05, 4.69) is 25.1 Å². The summed E-state index contributed by atoms with van der Waals surface area (Å²) in [6, 6.07) is 2.22. The van der Waals surface area contributed by atoms with Crippen molar-refractivity contribution in [3.63, 3.8) is 0 Å². The predicted molar refractivity (Wildman–Crippen MR) is 117 cm³/mol. The van der Waals surface area contributed by atoms with Crippen LogP contribution in [-0.4, -0.2) is 0 Å². The second kappa shape index (κ2) is 24.2. The van der Waals surface area contributed by atoms with Gasteiger partial charge in [0.25, 0.3) is 0 Å². The molecule has 0 aromatic heterocycles. The molecule has 1 nitrogen and oxygen atoms in total. The van der Waals surface area contributed by atoms with E-state index in [1.807, 2.05) is 0 Å². The van der Waals surface area contributed by atoms with Crippen molar-refractivity contribution in [2.45, 2.75) is 142 Å². The highest BCUT2D eigenvalue weighted by Gasteiger charge is 1.94. The van der Waals surface area contributed by atoms with Gasteiger partial charge in [0.05, 0.1) is 6.07 Å². The molecule has 26 heavy (non-hydrogen) atoms. The van der Waals surface area contributed by atoms with Crippen LogP contribution in [0.4, 0.5) is 0 Å². The minimum absolute atomic E-state index is 0.731. The van der Waals surface area contributed by atoms with Crippen molar-refractivity contribution in [1.29, 1.82) is 5.26 Å². The molecular weight excluding hydrogens is 314 g/mol. The quantitative estimate of drug-likeness (QED) is 0.147. The lowest BCUT2D eigenvalue weighted by Crippen LogP contribution is -1.83. The van der Waals surface area contributed by atoms with E-state index >= 15 is 0 Å². The van der Waals surface area contributed by atoms with Gasteiger partial charge in [-0.05, 0) is 32.1 Å². The summed E-state index contributed by atoms with van der Waals surface area (Å²) in [4.78, 5) is 0. The number of nitrogens with zero attached hydrogens (tertiary/aromatic N) is 1. The first kappa shape index (κ1) is 25.2. The van der Waals surface area contributed by atoms with E-state index in [0.29, 0.717) is 0 Å². The Hall–Kier alpha value is -0.770. The van der Waals surface area contributed by atoms with Crippen LogP contribution in [0.25, 0.3) is 0 Å². The summed E-state index contributed by atoms with van der Waals surface area (Å²) in [5.74, 6) is 0. The van der Waals surface area contributed by atoms with E-state index < -0.39 is 0 Å². The van der Waals surface area contributed by atoms with Crippen molar-refractivity contribution in [3.8, 4) is 6.07 Å². The number of hydrogen-bond acceptors (Lipinski definition) is 1. The minimum Gasteiger partial charge on any atom is -0.198 e. The Bertz CT molecular complexity index is 313. The number of hydrogen-bond donors (Lipinski definition) is 0. The molecular formula is C25H47N. The van der Waals surface area contributed by atoms with E-state index in [1.54, 1.807) is 0 Å². The molecule has 0 aromatic rings. The summed E-state index contributed by atoms with van der Waals surface area (Å²) in [7, 11) is 0. The van der Waals surface area contributed by atoms with Gasteiger partial charge in [-0.15, -0.1) is 0 Å². The van der Waals surface area contributed by atoms with Crippen molar-refractivity contribution < 1.29 is 0 Å². The number of allylic oxidation sites excluding steroid dienone is 2. The van der Waals surface area contributed by atoms with Gasteiger partial charge in [-0.1, -0.05) is 115 Å². The Morgan fingerprint density at radius 1 is 0.500 bits per heavy atom. The zero-order valence-corrected chi connectivity index (χ0v) is 18.0. The minimum atomic E-state index is 0.731. The zero-order valence-electron chi connectivity index (χ0n) is 18.0. The molecule has 0 fully saturated rings. The fourth-order valence-electron chi connectivity index (χ4n) is 3.51. The number of rotatable bonds is 21. The van der Waals surface area contributed by atoms with Crippen LogP contribution in [-0.2, 0) is 0 Å². The Labute approximate surface area is 165 Å². The van der Waals surface area contributed by atoms with Gasteiger partial charge in [0.15, 0.2) is 0 Å². The van der Waals surface area contributed by atoms with Crippen LogP contribution >= 0.6 is 0 Å². The lowest BCUT2D eigenvalue weighted by molar-refractivity contribution is 0.536. The highest BCUT2D eigenvalue weighted by Crippen LogP contribution is 2.13. The molecule has 0 radical (unpaired) electrons. The van der Waals surface area contributed by atoms with Crippen LogP contribution < -0.4 is 0 Å². The van der Waals surface area contributed by atoms with Crippen molar-refractivity contribution in [2.75, 3.05) is 0 Å². The SMILES string of the molecule is CCCCCCCCCCCCCCCCC=CCCCCCCC#N. The predicted octanol–water partition coefficient (Wildman–Crippen LogP) is 9.28. The van der Waals surface area contributed by atoms with Gasteiger partial charge in [0.1, 0.15) is 0 Å². The van der Waals surface area contributed by atoms with Gasteiger partial charge >= 0.3 is 0 Å². The van der Waals surface area contributed by atoms with Gasteiger partial charge in [-0.3, -0.25) is 0 Å². The van der Waals surface area contributed by atoms with Crippen LogP contribution in [0.1, 0.15) is 142 Å². The van der Waals surface area contributed by atoms with E-state index in [1.165, 1.54) is 122 Å². The second-order valence-corrected chi connectivity index (χ2v) is 7.97. The Kier molecular flexibility index (Phi) is 23.5. The Morgan fingerprint density at radius 2 is 0.846 bits per heavy atom. The Balaban J connectivity index is 3.04. The number of unbranched alkanes of at least 4 members (excludes halogenated alkanes) is 19. The largest absolute Gasteiger partial charge is 0.198 e. The molecule has 0 aliphatic heterocycles. The molecule has 0 heterocycles. The highest BCUT2D eigenvalue weighted by molar-refractivity contribution is 4.81. The molecule has 0 amide bonds. The molecule has 0 atom stereocenters. The molecule has 0 unspecified atom stereocenters. The molecule has 0 N–H and O–H groups in total. The topological polar surface area (TPSA) is 23.8 Å². The standard InChI is InChI=1S/C25H47N/c1-2-3-4-5-6-7-8-9-10-11-12-13-14-15-16-17-18-19-20-21-22-23-24-25-26/h17-18H,2-16,19-24H2,1H3. The van der Waals surface area contributed by atoms with E-state index in [4.69, 9.17) is 5.26 Å². The fourth-order valence-corrected chi connectivity index (χ4v) is 3.51. The molecule has 0 saturated carbocycles. The maximum Gasteiger partial charge on any atom is 0.0621 e. The van der Waals surface area contributed by atoms with Gasteiger partial charge in [-0.2, -0.15) is 5.26 Å². The van der Waals surface area contributed by atoms with Crippen molar-refractivity contribution >= 4 is 0 Å². The summed E-state index contributed by atoms with van der Waals surface area (Å²) >= 11 is 0. The van der Waals surface area contributed by atoms with Crippen molar-refractivity contribution in [1.82, 2.24) is 0 Å². The van der Waals surface area contributed by atoms with E-state index in [-0.39, 0.29) is 0 Å². The maximum absolute atomic E-state index is 8.47. The lowest BCUT2D eigenvalue weighted by atomic mass is 10.0. The third-order valence-electron chi connectivity index (χ3n) is 5.30. The molecule has 0 saturated heterocycles. The van der Waals surface area contributed by atoms with Gasteiger partial charge in [0.2, 0.25) is 0 Å². The average Bonchev–Trinajstić information content (AvgIpc) is 2.66. The normalized spacial score (nSPS) is 11.2. The van der Waals surface area contributed by atoms with Crippen LogP contribution in [0.5, 0.6) is 0 Å². The van der Waals surface area contributed by atoms with Crippen LogP contribution in [0.2, 0.25) is 0 Å². The van der Waals surface area contributed by atoms with Crippen molar-refractivity contribution in [3.05, 3.63) is 12.2 Å².